The van der Waals surface area contributed by atoms with Gasteiger partial charge in [-0.05, 0) is 0 Å². The first-order chi connectivity index (χ1) is 6.97. The van der Waals surface area contributed by atoms with Gasteiger partial charge in [0.1, 0.15) is 0 Å². The Morgan fingerprint density at radius 1 is 1.13 bits per heavy atom. The lowest BCUT2D eigenvalue weighted by molar-refractivity contribution is -0.0741. The van der Waals surface area contributed by atoms with E-state index in [2.05, 4.69) is 4.52 Å². The van der Waals surface area contributed by atoms with Gasteiger partial charge in [0.05, 0.1) is 0 Å². The van der Waals surface area contributed by atoms with Crippen LogP contribution in [0, 0.1) is 0 Å². The number of aliphatic hydroxyl groups is 1. The van der Waals surface area contributed by atoms with Gasteiger partial charge in [-0.2, -0.15) is 0 Å². The maximum atomic E-state index is 10.9. The van der Waals surface area contributed by atoms with E-state index in [1.807, 2.05) is 0 Å². The molecular weight excluding hydrogens is 242 g/mol. The summed E-state index contributed by atoms with van der Waals surface area (Å²) in [7, 11) is -7.09. The Labute approximate surface area is 87.0 Å². The summed E-state index contributed by atoms with van der Waals surface area (Å²) in [5, 5.41) is 9.66. The van der Waals surface area contributed by atoms with E-state index in [-0.39, 0.29) is 5.56 Å². The second-order valence-electron chi connectivity index (χ2n) is 2.68. The molecule has 0 aliphatic heterocycles. The summed E-state index contributed by atoms with van der Waals surface area (Å²) in [6.45, 7) is 0. The number of rotatable bonds is 4. The Kier molecular flexibility index (Phi) is 4.22. The molecule has 0 saturated heterocycles. The molecule has 6 nitrogen and oxygen atoms in total. The highest BCUT2D eigenvalue weighted by molar-refractivity contribution is 7.40. The molecule has 0 radical (unpaired) electrons. The maximum absolute atomic E-state index is 10.9. The molecule has 8 heteroatoms. The van der Waals surface area contributed by atoms with Crippen molar-refractivity contribution in [3.63, 3.8) is 0 Å². The fourth-order valence-electron chi connectivity index (χ4n) is 1.02. The lowest BCUT2D eigenvalue weighted by Gasteiger charge is -2.23. The summed E-state index contributed by atoms with van der Waals surface area (Å²) >= 11 is 0. The predicted octanol–water partition coefficient (Wildman–Crippen LogP) is 0.655. The molecule has 15 heavy (non-hydrogen) atoms. The second-order valence-corrected chi connectivity index (χ2v) is 4.71. The molecule has 3 unspecified atom stereocenters. The van der Waals surface area contributed by atoms with E-state index in [4.69, 9.17) is 9.79 Å². The van der Waals surface area contributed by atoms with Crippen molar-refractivity contribution in [2.45, 2.75) is 5.53 Å². The predicted molar refractivity (Wildman–Crippen MR) is 53.9 cm³/mol. The van der Waals surface area contributed by atoms with E-state index in [0.29, 0.717) is 0 Å². The standard InChI is InChI=1S/C7H10O6P2/c8-7(14(9)10,13-15(11)12)6-4-2-1-3-5-6/h1-5,8,14-15H,(H,9,10)(H,11,12). The van der Waals surface area contributed by atoms with Crippen LogP contribution in [-0.4, -0.2) is 14.9 Å². The quantitative estimate of drug-likeness (QED) is 0.537. The lowest BCUT2D eigenvalue weighted by Crippen LogP contribution is -2.22. The minimum absolute atomic E-state index is 0.0382. The van der Waals surface area contributed by atoms with Gasteiger partial charge in [0.2, 0.25) is 0 Å². The number of benzene rings is 1. The fraction of sp³-hybridized carbons (Fsp3) is 0.143. The first-order valence-corrected chi connectivity index (χ1v) is 6.52. The molecule has 84 valence electrons. The van der Waals surface area contributed by atoms with Crippen LogP contribution in [0.1, 0.15) is 5.56 Å². The van der Waals surface area contributed by atoms with Gasteiger partial charge in [0.25, 0.3) is 13.6 Å². The van der Waals surface area contributed by atoms with Crippen LogP contribution in [0.3, 0.4) is 0 Å². The zero-order chi connectivity index (χ0) is 11.5. The minimum Gasteiger partial charge on any atom is -0.354 e. The van der Waals surface area contributed by atoms with Crippen molar-refractivity contribution in [3.8, 4) is 0 Å². The number of hydrogen-bond acceptors (Lipinski definition) is 4. The van der Waals surface area contributed by atoms with E-state index < -0.39 is 21.8 Å². The molecule has 0 heterocycles. The van der Waals surface area contributed by atoms with Crippen molar-refractivity contribution >= 4 is 16.3 Å². The normalized spacial score (nSPS) is 19.1. The number of hydrogen-bond donors (Lipinski definition) is 3. The Bertz CT molecular complexity index is 380. The molecule has 3 atom stereocenters. The third kappa shape index (κ3) is 2.98. The van der Waals surface area contributed by atoms with Crippen molar-refractivity contribution in [1.82, 2.24) is 0 Å². The van der Waals surface area contributed by atoms with E-state index in [1.54, 1.807) is 6.07 Å². The summed E-state index contributed by atoms with van der Waals surface area (Å²) in [6.07, 6.45) is 0. The molecule has 3 N–H and O–H groups in total. The topological polar surface area (TPSA) is 104 Å². The molecule has 1 rings (SSSR count). The molecule has 0 spiro atoms. The largest absolute Gasteiger partial charge is 0.354 e. The first-order valence-electron chi connectivity index (χ1n) is 3.90. The SMILES string of the molecule is O=[PH](O)OC(O)(c1ccccc1)[PH](=O)O. The minimum atomic E-state index is -3.57. The van der Waals surface area contributed by atoms with E-state index >= 15 is 0 Å². The van der Waals surface area contributed by atoms with E-state index in [0.717, 1.165) is 0 Å². The molecule has 0 amide bonds. The Balaban J connectivity index is 3.13. The van der Waals surface area contributed by atoms with E-state index in [9.17, 15) is 14.2 Å². The summed E-state index contributed by atoms with van der Waals surface area (Å²) in [6, 6.07) is 7.28. The molecule has 0 aliphatic rings. The van der Waals surface area contributed by atoms with Crippen molar-refractivity contribution < 1.29 is 28.5 Å². The highest BCUT2D eigenvalue weighted by Crippen LogP contribution is 2.47. The van der Waals surface area contributed by atoms with Gasteiger partial charge >= 0.3 is 8.25 Å². The highest BCUT2D eigenvalue weighted by Gasteiger charge is 2.38. The van der Waals surface area contributed by atoms with Gasteiger partial charge in [-0.15, -0.1) is 0 Å². The third-order valence-corrected chi connectivity index (χ3v) is 3.33. The van der Waals surface area contributed by atoms with Gasteiger partial charge in [-0.3, -0.25) is 13.7 Å². The molecule has 0 aliphatic carbocycles. The first kappa shape index (κ1) is 12.6. The van der Waals surface area contributed by atoms with Crippen LogP contribution in [-0.2, 0) is 19.2 Å². The molecule has 0 fully saturated rings. The Hall–Kier alpha value is -0.480. The smallest absolute Gasteiger partial charge is 0.319 e. The van der Waals surface area contributed by atoms with Crippen LogP contribution in [0.4, 0.5) is 0 Å². The zero-order valence-corrected chi connectivity index (χ0v) is 9.45. The molecule has 1 aromatic carbocycles. The molecule has 0 bridgehead atoms. The second kappa shape index (κ2) is 5.03. The van der Waals surface area contributed by atoms with Crippen LogP contribution in [0.15, 0.2) is 30.3 Å². The molecule has 0 aromatic heterocycles. The average molecular weight is 252 g/mol. The Morgan fingerprint density at radius 2 is 1.67 bits per heavy atom. The van der Waals surface area contributed by atoms with Gasteiger partial charge in [-0.1, -0.05) is 30.3 Å². The Morgan fingerprint density at radius 3 is 2.07 bits per heavy atom. The summed E-state index contributed by atoms with van der Waals surface area (Å²) in [4.78, 5) is 17.4. The maximum Gasteiger partial charge on any atom is 0.319 e. The van der Waals surface area contributed by atoms with Crippen molar-refractivity contribution in [2.24, 2.45) is 0 Å². The monoisotopic (exact) mass is 252 g/mol. The summed E-state index contributed by atoms with van der Waals surface area (Å²) in [5.74, 6) is 0. The highest BCUT2D eigenvalue weighted by atomic mass is 31.1. The van der Waals surface area contributed by atoms with Gasteiger partial charge in [-0.25, -0.2) is 0 Å². The lowest BCUT2D eigenvalue weighted by atomic mass is 10.2. The summed E-state index contributed by atoms with van der Waals surface area (Å²) in [5.41, 5.74) is -2.64. The average Bonchev–Trinajstić information content (AvgIpc) is 2.17. The van der Waals surface area contributed by atoms with Crippen LogP contribution in [0.25, 0.3) is 0 Å². The van der Waals surface area contributed by atoms with Crippen LogP contribution >= 0.6 is 16.3 Å². The van der Waals surface area contributed by atoms with Crippen molar-refractivity contribution in [1.29, 1.82) is 0 Å². The van der Waals surface area contributed by atoms with Gasteiger partial charge in [0.15, 0.2) is 0 Å². The fourth-order valence-corrected chi connectivity index (χ4v) is 2.41. The zero-order valence-electron chi connectivity index (χ0n) is 7.45. The molecular formula is C7H10O6P2. The van der Waals surface area contributed by atoms with Crippen LogP contribution < -0.4 is 0 Å². The van der Waals surface area contributed by atoms with Crippen molar-refractivity contribution in [2.75, 3.05) is 0 Å². The van der Waals surface area contributed by atoms with Crippen LogP contribution in [0.5, 0.6) is 0 Å². The third-order valence-electron chi connectivity index (χ3n) is 1.69. The molecule has 1 aromatic rings. The molecule has 0 saturated carbocycles. The van der Waals surface area contributed by atoms with E-state index in [1.165, 1.54) is 24.3 Å². The van der Waals surface area contributed by atoms with Gasteiger partial charge in [0, 0.05) is 5.56 Å². The van der Waals surface area contributed by atoms with Gasteiger partial charge < -0.3 is 14.9 Å². The summed E-state index contributed by atoms with van der Waals surface area (Å²) < 4.78 is 25.6. The van der Waals surface area contributed by atoms with Crippen LogP contribution in [0.2, 0.25) is 0 Å². The van der Waals surface area contributed by atoms with Crippen molar-refractivity contribution in [3.05, 3.63) is 35.9 Å².